The fourth-order valence-corrected chi connectivity index (χ4v) is 3.62. The number of rotatable bonds is 3. The summed E-state index contributed by atoms with van der Waals surface area (Å²) in [6, 6.07) is 7.90. The van der Waals surface area contributed by atoms with Crippen LogP contribution in [0.1, 0.15) is 24.8 Å². The van der Waals surface area contributed by atoms with Gasteiger partial charge in [-0.1, -0.05) is 0 Å². The van der Waals surface area contributed by atoms with E-state index in [9.17, 15) is 0 Å². The third-order valence-corrected chi connectivity index (χ3v) is 4.98. The van der Waals surface area contributed by atoms with E-state index >= 15 is 0 Å². The highest BCUT2D eigenvalue weighted by atomic mass is 16.5. The van der Waals surface area contributed by atoms with Crippen LogP contribution in [0.5, 0.6) is 0 Å². The van der Waals surface area contributed by atoms with Crippen LogP contribution in [-0.2, 0) is 4.74 Å². The molecule has 1 spiro atoms. The molecular formula is C18H20N6O. The van der Waals surface area contributed by atoms with Gasteiger partial charge >= 0.3 is 0 Å². The molecule has 128 valence electrons. The van der Waals surface area contributed by atoms with Gasteiger partial charge in [-0.2, -0.15) is 5.26 Å². The predicted molar refractivity (Wildman–Crippen MR) is 93.1 cm³/mol. The summed E-state index contributed by atoms with van der Waals surface area (Å²) in [6.45, 7) is 2.51. The number of ether oxygens (including phenoxy) is 1. The van der Waals surface area contributed by atoms with Gasteiger partial charge in [0.25, 0.3) is 0 Å². The molecule has 0 amide bonds. The molecule has 2 aromatic rings. The zero-order valence-corrected chi connectivity index (χ0v) is 13.9. The number of hydrogen-bond acceptors (Lipinski definition) is 7. The molecule has 4 rings (SSSR count). The van der Waals surface area contributed by atoms with Crippen LogP contribution in [0.15, 0.2) is 36.8 Å². The molecule has 2 aliphatic heterocycles. The van der Waals surface area contributed by atoms with Gasteiger partial charge in [-0.05, 0) is 37.5 Å². The van der Waals surface area contributed by atoms with E-state index in [1.165, 1.54) is 0 Å². The molecule has 0 aliphatic carbocycles. The maximum atomic E-state index is 8.87. The van der Waals surface area contributed by atoms with E-state index in [-0.39, 0.29) is 11.6 Å². The van der Waals surface area contributed by atoms with Crippen LogP contribution in [0.4, 0.5) is 11.8 Å². The van der Waals surface area contributed by atoms with E-state index in [0.29, 0.717) is 18.1 Å². The van der Waals surface area contributed by atoms with Crippen molar-refractivity contribution in [3.05, 3.63) is 42.4 Å². The number of pyridine rings is 1. The second-order valence-corrected chi connectivity index (χ2v) is 6.62. The number of nitrogens with one attached hydrogen (secondary N) is 1. The lowest BCUT2D eigenvalue weighted by Gasteiger charge is -2.39. The molecule has 2 aliphatic rings. The largest absolute Gasteiger partial charge is 0.373 e. The second-order valence-electron chi connectivity index (χ2n) is 6.62. The first-order valence-electron chi connectivity index (χ1n) is 8.55. The van der Waals surface area contributed by atoms with E-state index in [2.05, 4.69) is 31.2 Å². The summed E-state index contributed by atoms with van der Waals surface area (Å²) < 4.78 is 6.18. The van der Waals surface area contributed by atoms with Crippen molar-refractivity contribution in [2.24, 2.45) is 0 Å². The lowest BCUT2D eigenvalue weighted by atomic mass is 9.87. The lowest BCUT2D eigenvalue weighted by molar-refractivity contribution is -0.0148. The van der Waals surface area contributed by atoms with Crippen molar-refractivity contribution >= 4 is 11.8 Å². The molecule has 0 aromatic carbocycles. The zero-order valence-electron chi connectivity index (χ0n) is 13.9. The van der Waals surface area contributed by atoms with E-state index in [0.717, 1.165) is 38.2 Å². The molecule has 1 unspecified atom stereocenters. The quantitative estimate of drug-likeness (QED) is 0.917. The smallest absolute Gasteiger partial charge is 0.222 e. The van der Waals surface area contributed by atoms with Gasteiger partial charge in [0.1, 0.15) is 11.9 Å². The molecular weight excluding hydrogens is 316 g/mol. The van der Waals surface area contributed by atoms with Crippen molar-refractivity contribution in [2.45, 2.75) is 30.9 Å². The summed E-state index contributed by atoms with van der Waals surface area (Å²) in [4.78, 5) is 15.1. The van der Waals surface area contributed by atoms with Crippen molar-refractivity contribution in [1.29, 1.82) is 5.26 Å². The average Bonchev–Trinajstić information content (AvgIpc) is 3.05. The molecule has 25 heavy (non-hydrogen) atoms. The average molecular weight is 336 g/mol. The van der Waals surface area contributed by atoms with Crippen LogP contribution in [-0.4, -0.2) is 46.3 Å². The van der Waals surface area contributed by atoms with Gasteiger partial charge in [-0.15, -0.1) is 0 Å². The van der Waals surface area contributed by atoms with Crippen molar-refractivity contribution < 1.29 is 4.74 Å². The van der Waals surface area contributed by atoms with Gasteiger partial charge in [0, 0.05) is 31.7 Å². The summed E-state index contributed by atoms with van der Waals surface area (Å²) in [5, 5.41) is 12.2. The molecule has 1 atom stereocenters. The monoisotopic (exact) mass is 336 g/mol. The van der Waals surface area contributed by atoms with Crippen LogP contribution >= 0.6 is 0 Å². The Kier molecular flexibility index (Phi) is 4.20. The van der Waals surface area contributed by atoms with Crippen LogP contribution in [0.3, 0.4) is 0 Å². The Bertz CT molecular complexity index is 749. The summed E-state index contributed by atoms with van der Waals surface area (Å²) in [7, 11) is 0. The first kappa shape index (κ1) is 15.8. The third-order valence-electron chi connectivity index (χ3n) is 4.98. The number of nitriles is 1. The van der Waals surface area contributed by atoms with E-state index in [1.54, 1.807) is 18.6 Å². The summed E-state index contributed by atoms with van der Waals surface area (Å²) in [5.41, 5.74) is 0.531. The number of anilines is 2. The number of piperidine rings is 1. The Morgan fingerprint density at radius 2 is 2.00 bits per heavy atom. The van der Waals surface area contributed by atoms with Gasteiger partial charge in [0.2, 0.25) is 5.95 Å². The lowest BCUT2D eigenvalue weighted by Crippen LogP contribution is -2.44. The van der Waals surface area contributed by atoms with Gasteiger partial charge in [0.15, 0.2) is 0 Å². The Balaban J connectivity index is 1.34. The highest BCUT2D eigenvalue weighted by Crippen LogP contribution is 2.37. The van der Waals surface area contributed by atoms with Crippen molar-refractivity contribution in [3.63, 3.8) is 0 Å². The Morgan fingerprint density at radius 3 is 2.68 bits per heavy atom. The molecule has 2 aromatic heterocycles. The fraction of sp³-hybridized carbons (Fsp3) is 0.444. The molecule has 2 saturated heterocycles. The van der Waals surface area contributed by atoms with Gasteiger partial charge in [-0.3, -0.25) is 0 Å². The maximum absolute atomic E-state index is 8.87. The van der Waals surface area contributed by atoms with Crippen LogP contribution in [0.2, 0.25) is 0 Å². The molecule has 1 N–H and O–H groups in total. The SMILES string of the molecule is N#Cc1ccc(N2CCC3(CC2)CC(Nc2ncccn2)CO3)nc1. The minimum Gasteiger partial charge on any atom is -0.373 e. The van der Waals surface area contributed by atoms with E-state index in [4.69, 9.17) is 10.00 Å². The molecule has 0 radical (unpaired) electrons. The molecule has 0 saturated carbocycles. The number of hydrogen-bond donors (Lipinski definition) is 1. The van der Waals surface area contributed by atoms with Gasteiger partial charge in [-0.25, -0.2) is 15.0 Å². The number of aromatic nitrogens is 3. The first-order chi connectivity index (χ1) is 12.3. The second kappa shape index (κ2) is 6.65. The Labute approximate surface area is 146 Å². The highest BCUT2D eigenvalue weighted by Gasteiger charge is 2.43. The van der Waals surface area contributed by atoms with Crippen molar-refractivity contribution in [3.8, 4) is 6.07 Å². The van der Waals surface area contributed by atoms with Crippen LogP contribution in [0.25, 0.3) is 0 Å². The molecule has 0 bridgehead atoms. The highest BCUT2D eigenvalue weighted by molar-refractivity contribution is 5.42. The third kappa shape index (κ3) is 3.39. The van der Waals surface area contributed by atoms with Crippen LogP contribution in [0, 0.1) is 11.3 Å². The van der Waals surface area contributed by atoms with Gasteiger partial charge in [0.05, 0.1) is 23.8 Å². The van der Waals surface area contributed by atoms with Crippen molar-refractivity contribution in [2.75, 3.05) is 29.9 Å². The summed E-state index contributed by atoms with van der Waals surface area (Å²) in [6.07, 6.45) is 8.03. The summed E-state index contributed by atoms with van der Waals surface area (Å²) >= 11 is 0. The first-order valence-corrected chi connectivity index (χ1v) is 8.55. The number of nitrogens with zero attached hydrogens (tertiary/aromatic N) is 5. The van der Waals surface area contributed by atoms with E-state index < -0.39 is 0 Å². The van der Waals surface area contributed by atoms with Crippen LogP contribution < -0.4 is 10.2 Å². The molecule has 7 nitrogen and oxygen atoms in total. The Morgan fingerprint density at radius 1 is 1.20 bits per heavy atom. The minimum atomic E-state index is -0.0600. The summed E-state index contributed by atoms with van der Waals surface area (Å²) in [5.74, 6) is 1.59. The van der Waals surface area contributed by atoms with E-state index in [1.807, 2.05) is 18.2 Å². The normalized spacial score (nSPS) is 21.9. The topological polar surface area (TPSA) is 87.0 Å². The maximum Gasteiger partial charge on any atom is 0.222 e. The molecule has 2 fully saturated rings. The fourth-order valence-electron chi connectivity index (χ4n) is 3.62. The molecule has 7 heteroatoms. The predicted octanol–water partition coefficient (Wildman–Crippen LogP) is 1.98. The minimum absolute atomic E-state index is 0.0600. The molecule has 4 heterocycles. The standard InChI is InChI=1S/C18H20N6O/c19-11-14-2-3-16(22-12-14)24-8-4-18(5-9-24)10-15(13-25-18)23-17-20-6-1-7-21-17/h1-3,6-7,12,15H,4-5,8-10,13H2,(H,20,21,23). The van der Waals surface area contributed by atoms with Crippen molar-refractivity contribution in [1.82, 2.24) is 15.0 Å². The Hall–Kier alpha value is -2.72. The van der Waals surface area contributed by atoms with Gasteiger partial charge < -0.3 is 15.0 Å². The zero-order chi connectivity index (χ0) is 17.1.